The molecule has 3 rings (SSSR count). The van der Waals surface area contributed by atoms with Crippen molar-refractivity contribution in [3.63, 3.8) is 0 Å². The van der Waals surface area contributed by atoms with Gasteiger partial charge in [-0.2, -0.15) is 0 Å². The lowest BCUT2D eigenvalue weighted by Gasteiger charge is -2.34. The molecule has 152 valence electrons. The zero-order chi connectivity index (χ0) is 18.9. The highest BCUT2D eigenvalue weighted by atomic mass is 35.5. The molecular formula is C23H32ClN3O. The molecule has 0 atom stereocenters. The Labute approximate surface area is 175 Å². The van der Waals surface area contributed by atoms with Crippen molar-refractivity contribution in [3.05, 3.63) is 71.8 Å². The minimum Gasteiger partial charge on any atom is -0.338 e. The number of piperazine rings is 1. The summed E-state index contributed by atoms with van der Waals surface area (Å²) in [6, 6.07) is 21.7. The number of carbonyl (C=O) groups excluding carboxylic acids is 1. The number of hydrogen-bond donors (Lipinski definition) is 1. The molecule has 2 amide bonds. The van der Waals surface area contributed by atoms with Crippen LogP contribution in [0.4, 0.5) is 4.79 Å². The van der Waals surface area contributed by atoms with Crippen LogP contribution in [0.15, 0.2) is 60.7 Å². The van der Waals surface area contributed by atoms with E-state index in [0.29, 0.717) is 12.5 Å². The number of rotatable bonds is 7. The van der Waals surface area contributed by atoms with Crippen molar-refractivity contribution in [2.24, 2.45) is 0 Å². The molecule has 1 heterocycles. The number of hydrogen-bond acceptors (Lipinski definition) is 2. The summed E-state index contributed by atoms with van der Waals surface area (Å²) < 4.78 is 0. The van der Waals surface area contributed by atoms with Crippen LogP contribution >= 0.6 is 12.4 Å². The van der Waals surface area contributed by atoms with Crippen LogP contribution in [-0.2, 0) is 0 Å². The van der Waals surface area contributed by atoms with Crippen molar-refractivity contribution in [3.8, 4) is 0 Å². The maximum absolute atomic E-state index is 11.9. The molecule has 0 bridgehead atoms. The molecule has 2 aromatic rings. The lowest BCUT2D eigenvalue weighted by molar-refractivity contribution is 0.138. The van der Waals surface area contributed by atoms with Crippen LogP contribution < -0.4 is 5.32 Å². The molecule has 1 aliphatic rings. The van der Waals surface area contributed by atoms with Crippen molar-refractivity contribution in [2.45, 2.75) is 25.7 Å². The average molecular weight is 402 g/mol. The average Bonchev–Trinajstić information content (AvgIpc) is 2.73. The SMILES string of the molecule is CCNC(=O)N1CCN(CCCC(c2ccccc2)c2ccccc2)CC1.Cl. The van der Waals surface area contributed by atoms with E-state index < -0.39 is 0 Å². The van der Waals surface area contributed by atoms with Crippen LogP contribution in [0, 0.1) is 0 Å². The van der Waals surface area contributed by atoms with Gasteiger partial charge in [0.2, 0.25) is 0 Å². The summed E-state index contributed by atoms with van der Waals surface area (Å²) in [6.45, 7) is 7.35. The van der Waals surface area contributed by atoms with Gasteiger partial charge in [0.15, 0.2) is 0 Å². The van der Waals surface area contributed by atoms with E-state index in [1.54, 1.807) is 0 Å². The van der Waals surface area contributed by atoms with Gasteiger partial charge in [0.05, 0.1) is 0 Å². The van der Waals surface area contributed by atoms with E-state index in [1.165, 1.54) is 11.1 Å². The van der Waals surface area contributed by atoms with Crippen molar-refractivity contribution >= 4 is 18.4 Å². The molecule has 28 heavy (non-hydrogen) atoms. The molecule has 5 heteroatoms. The summed E-state index contributed by atoms with van der Waals surface area (Å²) in [5.41, 5.74) is 2.79. The zero-order valence-corrected chi connectivity index (χ0v) is 17.5. The van der Waals surface area contributed by atoms with Crippen LogP contribution in [0.3, 0.4) is 0 Å². The van der Waals surface area contributed by atoms with E-state index in [4.69, 9.17) is 0 Å². The Morgan fingerprint density at radius 3 is 1.96 bits per heavy atom. The van der Waals surface area contributed by atoms with E-state index in [9.17, 15) is 4.79 Å². The lowest BCUT2D eigenvalue weighted by atomic mass is 9.87. The molecule has 4 nitrogen and oxygen atoms in total. The Balaban J connectivity index is 0.00000280. The third-order valence-corrected chi connectivity index (χ3v) is 5.36. The predicted molar refractivity (Wildman–Crippen MR) is 118 cm³/mol. The van der Waals surface area contributed by atoms with Gasteiger partial charge in [-0.1, -0.05) is 60.7 Å². The summed E-state index contributed by atoms with van der Waals surface area (Å²) in [5.74, 6) is 0.448. The second kappa shape index (κ2) is 11.7. The molecule has 0 aromatic heterocycles. The number of nitrogens with one attached hydrogen (secondary N) is 1. The maximum Gasteiger partial charge on any atom is 0.317 e. The number of halogens is 1. The quantitative estimate of drug-likeness (QED) is 0.747. The molecule has 1 fully saturated rings. The van der Waals surface area contributed by atoms with Gasteiger partial charge in [0.1, 0.15) is 0 Å². The third kappa shape index (κ3) is 6.25. The van der Waals surface area contributed by atoms with E-state index in [2.05, 4.69) is 70.9 Å². The third-order valence-electron chi connectivity index (χ3n) is 5.36. The first-order valence-electron chi connectivity index (χ1n) is 10.1. The second-order valence-electron chi connectivity index (χ2n) is 7.18. The molecule has 1 saturated heterocycles. The van der Waals surface area contributed by atoms with Gasteiger partial charge in [0, 0.05) is 38.6 Å². The highest BCUT2D eigenvalue weighted by Gasteiger charge is 2.21. The number of urea groups is 1. The summed E-state index contributed by atoms with van der Waals surface area (Å²) in [6.07, 6.45) is 2.31. The zero-order valence-electron chi connectivity index (χ0n) is 16.7. The number of carbonyl (C=O) groups is 1. The minimum atomic E-state index is 0. The number of benzene rings is 2. The minimum absolute atomic E-state index is 0. The highest BCUT2D eigenvalue weighted by Crippen LogP contribution is 2.29. The van der Waals surface area contributed by atoms with E-state index in [1.807, 2.05) is 11.8 Å². The summed E-state index contributed by atoms with van der Waals surface area (Å²) in [5, 5.41) is 2.89. The van der Waals surface area contributed by atoms with Gasteiger partial charge in [-0.05, 0) is 37.4 Å². The predicted octanol–water partition coefficient (Wildman–Crippen LogP) is 4.37. The molecule has 1 N–H and O–H groups in total. The Kier molecular flexibility index (Phi) is 9.32. The first-order valence-corrected chi connectivity index (χ1v) is 10.1. The van der Waals surface area contributed by atoms with Crippen molar-refractivity contribution in [1.29, 1.82) is 0 Å². The Morgan fingerprint density at radius 1 is 0.929 bits per heavy atom. The van der Waals surface area contributed by atoms with Crippen LogP contribution in [-0.4, -0.2) is 55.1 Å². The fourth-order valence-electron chi connectivity index (χ4n) is 3.85. The molecular weight excluding hydrogens is 370 g/mol. The van der Waals surface area contributed by atoms with E-state index in [-0.39, 0.29) is 18.4 Å². The van der Waals surface area contributed by atoms with Gasteiger partial charge < -0.3 is 10.2 Å². The van der Waals surface area contributed by atoms with Crippen molar-refractivity contribution in [1.82, 2.24) is 15.1 Å². The molecule has 0 saturated carbocycles. The standard InChI is InChI=1S/C23H31N3O.ClH/c1-2-24-23(27)26-18-16-25(17-19-26)15-9-14-22(20-10-5-3-6-11-20)21-12-7-4-8-13-21;/h3-8,10-13,22H,2,9,14-19H2,1H3,(H,24,27);1H. The number of amides is 2. The molecule has 1 aliphatic heterocycles. The fraction of sp³-hybridized carbons (Fsp3) is 0.435. The number of nitrogens with zero attached hydrogens (tertiary/aromatic N) is 2. The normalized spacial score (nSPS) is 14.6. The summed E-state index contributed by atoms with van der Waals surface area (Å²) in [7, 11) is 0. The summed E-state index contributed by atoms with van der Waals surface area (Å²) >= 11 is 0. The van der Waals surface area contributed by atoms with E-state index in [0.717, 1.165) is 45.6 Å². The maximum atomic E-state index is 11.9. The van der Waals surface area contributed by atoms with Crippen LogP contribution in [0.25, 0.3) is 0 Å². The molecule has 0 aliphatic carbocycles. The smallest absolute Gasteiger partial charge is 0.317 e. The fourth-order valence-corrected chi connectivity index (χ4v) is 3.85. The Morgan fingerprint density at radius 2 is 1.46 bits per heavy atom. The Hall–Kier alpha value is -2.04. The van der Waals surface area contributed by atoms with Gasteiger partial charge in [-0.25, -0.2) is 4.79 Å². The molecule has 0 unspecified atom stereocenters. The van der Waals surface area contributed by atoms with Gasteiger partial charge in [-0.3, -0.25) is 4.90 Å². The highest BCUT2D eigenvalue weighted by molar-refractivity contribution is 5.85. The van der Waals surface area contributed by atoms with Crippen molar-refractivity contribution in [2.75, 3.05) is 39.3 Å². The van der Waals surface area contributed by atoms with Crippen LogP contribution in [0.1, 0.15) is 36.8 Å². The lowest BCUT2D eigenvalue weighted by Crippen LogP contribution is -2.51. The molecule has 2 aromatic carbocycles. The summed E-state index contributed by atoms with van der Waals surface area (Å²) in [4.78, 5) is 16.3. The van der Waals surface area contributed by atoms with Gasteiger partial charge in [-0.15, -0.1) is 12.4 Å². The second-order valence-corrected chi connectivity index (χ2v) is 7.18. The molecule has 0 spiro atoms. The topological polar surface area (TPSA) is 35.6 Å². The molecule has 0 radical (unpaired) electrons. The monoisotopic (exact) mass is 401 g/mol. The van der Waals surface area contributed by atoms with Crippen LogP contribution in [0.2, 0.25) is 0 Å². The first kappa shape index (κ1) is 22.3. The van der Waals surface area contributed by atoms with Crippen LogP contribution in [0.5, 0.6) is 0 Å². The van der Waals surface area contributed by atoms with Gasteiger partial charge >= 0.3 is 6.03 Å². The Bertz CT molecular complexity index is 648. The first-order chi connectivity index (χ1) is 13.3. The van der Waals surface area contributed by atoms with E-state index >= 15 is 0 Å². The largest absolute Gasteiger partial charge is 0.338 e. The van der Waals surface area contributed by atoms with Crippen molar-refractivity contribution < 1.29 is 4.79 Å². The van der Waals surface area contributed by atoms with Gasteiger partial charge in [0.25, 0.3) is 0 Å².